The molecule has 0 aliphatic heterocycles. The van der Waals surface area contributed by atoms with E-state index in [0.717, 1.165) is 0 Å². The van der Waals surface area contributed by atoms with Crippen LogP contribution in [0.2, 0.25) is 0 Å². The fourth-order valence-corrected chi connectivity index (χ4v) is 11.3. The van der Waals surface area contributed by atoms with Crippen LogP contribution in [0.1, 0.15) is 0 Å². The smallest absolute Gasteiger partial charge is 0.0640 e. The standard InChI is InChI=1S/C54H33NS2/c1-4-13-34(14-5-1)37-25-28-48-46(29-37)41-26-23-38(35-15-6-2-7-16-35)32-50(41)55(48)49-21-12-20-44-47-31-40(30-45(53(47)57-54(44)49)36-17-8-3-9-18-36)39-24-27-43-42-19-10-11-22-51(42)56-52(43)33-39/h1-33H. The van der Waals surface area contributed by atoms with Crippen LogP contribution < -0.4 is 0 Å². The molecule has 0 unspecified atom stereocenters. The summed E-state index contributed by atoms with van der Waals surface area (Å²) in [6.45, 7) is 0. The van der Waals surface area contributed by atoms with Crippen molar-refractivity contribution in [1.82, 2.24) is 4.57 Å². The van der Waals surface area contributed by atoms with Gasteiger partial charge in [0, 0.05) is 52.0 Å². The molecule has 0 saturated carbocycles. The van der Waals surface area contributed by atoms with Crippen molar-refractivity contribution < 1.29 is 0 Å². The molecule has 3 heterocycles. The van der Waals surface area contributed by atoms with E-state index in [2.05, 4.69) is 205 Å². The monoisotopic (exact) mass is 759 g/mol. The lowest BCUT2D eigenvalue weighted by atomic mass is 9.95. The molecule has 12 aromatic rings. The topological polar surface area (TPSA) is 4.93 Å². The summed E-state index contributed by atoms with van der Waals surface area (Å²) in [5, 5.41) is 7.74. The van der Waals surface area contributed by atoms with Crippen LogP contribution in [0.5, 0.6) is 0 Å². The Hall–Kier alpha value is -6.78. The molecule has 3 heteroatoms. The zero-order valence-electron chi connectivity index (χ0n) is 30.8. The maximum absolute atomic E-state index is 2.52. The Labute approximate surface area is 338 Å². The molecule has 0 atom stereocenters. The summed E-state index contributed by atoms with van der Waals surface area (Å²) in [5.74, 6) is 0. The van der Waals surface area contributed by atoms with Crippen LogP contribution in [0, 0.1) is 0 Å². The molecule has 0 amide bonds. The third-order valence-corrected chi connectivity index (χ3v) is 14.0. The van der Waals surface area contributed by atoms with Gasteiger partial charge in [0.2, 0.25) is 0 Å². The Morgan fingerprint density at radius 1 is 0.281 bits per heavy atom. The van der Waals surface area contributed by atoms with Crippen LogP contribution in [0.3, 0.4) is 0 Å². The first-order chi connectivity index (χ1) is 28.2. The van der Waals surface area contributed by atoms with Crippen LogP contribution in [0.15, 0.2) is 200 Å². The molecule has 0 saturated heterocycles. The molecule has 0 aliphatic carbocycles. The maximum atomic E-state index is 2.52. The quantitative estimate of drug-likeness (QED) is 0.165. The van der Waals surface area contributed by atoms with E-state index in [1.165, 1.54) is 112 Å². The number of hydrogen-bond acceptors (Lipinski definition) is 2. The molecule has 266 valence electrons. The molecule has 57 heavy (non-hydrogen) atoms. The van der Waals surface area contributed by atoms with E-state index in [1.54, 1.807) is 0 Å². The predicted octanol–water partition coefficient (Wildman–Crippen LogP) is 16.2. The van der Waals surface area contributed by atoms with Gasteiger partial charge in [0.05, 0.1) is 21.4 Å². The number of benzene rings is 9. The molecule has 0 fully saturated rings. The fraction of sp³-hybridized carbons (Fsp3) is 0. The minimum atomic E-state index is 1.21. The lowest BCUT2D eigenvalue weighted by Crippen LogP contribution is -1.94. The Kier molecular flexibility index (Phi) is 7.34. The molecule has 0 radical (unpaired) electrons. The number of thiophene rings is 2. The summed E-state index contributed by atoms with van der Waals surface area (Å²) in [4.78, 5) is 0. The van der Waals surface area contributed by atoms with Gasteiger partial charge in [0.15, 0.2) is 0 Å². The first-order valence-corrected chi connectivity index (χ1v) is 21.0. The van der Waals surface area contributed by atoms with Crippen molar-refractivity contribution in [2.24, 2.45) is 0 Å². The predicted molar refractivity (Wildman–Crippen MR) is 248 cm³/mol. The van der Waals surface area contributed by atoms with E-state index in [1.807, 2.05) is 22.7 Å². The van der Waals surface area contributed by atoms with Crippen LogP contribution in [-0.2, 0) is 0 Å². The highest BCUT2D eigenvalue weighted by Gasteiger charge is 2.20. The summed E-state index contributed by atoms with van der Waals surface area (Å²) in [6.07, 6.45) is 0. The van der Waals surface area contributed by atoms with Crippen LogP contribution in [-0.4, -0.2) is 4.57 Å². The number of aromatic nitrogens is 1. The maximum Gasteiger partial charge on any atom is 0.0640 e. The third-order valence-electron chi connectivity index (χ3n) is 11.6. The third kappa shape index (κ3) is 5.20. The highest BCUT2D eigenvalue weighted by Crippen LogP contribution is 2.47. The Balaban J connectivity index is 1.13. The van der Waals surface area contributed by atoms with Crippen LogP contribution >= 0.6 is 22.7 Å². The highest BCUT2D eigenvalue weighted by atomic mass is 32.1. The van der Waals surface area contributed by atoms with Crippen molar-refractivity contribution >= 4 is 84.8 Å². The van der Waals surface area contributed by atoms with Crippen molar-refractivity contribution in [1.29, 1.82) is 0 Å². The molecular formula is C54H33NS2. The molecule has 12 rings (SSSR count). The van der Waals surface area contributed by atoms with Crippen molar-refractivity contribution in [3.05, 3.63) is 200 Å². The second-order valence-corrected chi connectivity index (χ2v) is 17.0. The van der Waals surface area contributed by atoms with Crippen LogP contribution in [0.25, 0.3) is 112 Å². The molecule has 0 N–H and O–H groups in total. The average molecular weight is 760 g/mol. The summed E-state index contributed by atoms with van der Waals surface area (Å²) < 4.78 is 7.77. The van der Waals surface area contributed by atoms with E-state index >= 15 is 0 Å². The SMILES string of the molecule is c1ccc(-c2ccc3c(c2)c2ccc(-c4ccccc4)cc2n3-c2cccc3c2sc2c(-c4ccccc4)cc(-c4ccc5c(c4)sc4ccccc45)cc23)cc1. The molecule has 0 aliphatic rings. The Morgan fingerprint density at radius 2 is 0.877 bits per heavy atom. The number of nitrogens with zero attached hydrogens (tertiary/aromatic N) is 1. The van der Waals surface area contributed by atoms with Crippen molar-refractivity contribution in [2.75, 3.05) is 0 Å². The Bertz CT molecular complexity index is 3500. The van der Waals surface area contributed by atoms with E-state index < -0.39 is 0 Å². The summed E-state index contributed by atoms with van der Waals surface area (Å²) in [5.41, 5.74) is 13.5. The molecule has 9 aromatic carbocycles. The minimum Gasteiger partial charge on any atom is -0.308 e. The zero-order valence-corrected chi connectivity index (χ0v) is 32.4. The van der Waals surface area contributed by atoms with Gasteiger partial charge in [-0.05, 0) is 87.5 Å². The van der Waals surface area contributed by atoms with Crippen LogP contribution in [0.4, 0.5) is 0 Å². The Morgan fingerprint density at radius 3 is 1.65 bits per heavy atom. The first-order valence-electron chi connectivity index (χ1n) is 19.4. The lowest BCUT2D eigenvalue weighted by Gasteiger charge is -2.11. The van der Waals surface area contributed by atoms with Gasteiger partial charge >= 0.3 is 0 Å². The van der Waals surface area contributed by atoms with Crippen molar-refractivity contribution in [3.8, 4) is 50.2 Å². The molecule has 0 spiro atoms. The van der Waals surface area contributed by atoms with Crippen molar-refractivity contribution in [2.45, 2.75) is 0 Å². The summed E-state index contributed by atoms with van der Waals surface area (Å²) in [7, 11) is 0. The summed E-state index contributed by atoms with van der Waals surface area (Å²) in [6, 6.07) is 73.9. The largest absolute Gasteiger partial charge is 0.308 e. The summed E-state index contributed by atoms with van der Waals surface area (Å²) >= 11 is 3.80. The normalized spacial score (nSPS) is 11.9. The van der Waals surface area contributed by atoms with Gasteiger partial charge in [-0.3, -0.25) is 0 Å². The number of rotatable bonds is 5. The lowest BCUT2D eigenvalue weighted by molar-refractivity contribution is 1.20. The van der Waals surface area contributed by atoms with Crippen molar-refractivity contribution in [3.63, 3.8) is 0 Å². The molecular weight excluding hydrogens is 727 g/mol. The van der Waals surface area contributed by atoms with Gasteiger partial charge in [-0.2, -0.15) is 0 Å². The molecule has 1 nitrogen and oxygen atoms in total. The number of hydrogen-bond donors (Lipinski definition) is 0. The average Bonchev–Trinajstić information content (AvgIpc) is 3.96. The fourth-order valence-electron chi connectivity index (χ4n) is 8.87. The van der Waals surface area contributed by atoms with Gasteiger partial charge in [0.1, 0.15) is 0 Å². The van der Waals surface area contributed by atoms with Gasteiger partial charge in [-0.15, -0.1) is 22.7 Å². The molecule has 3 aromatic heterocycles. The van der Waals surface area contributed by atoms with E-state index in [0.29, 0.717) is 0 Å². The van der Waals surface area contributed by atoms with E-state index in [4.69, 9.17) is 0 Å². The second-order valence-electron chi connectivity index (χ2n) is 14.9. The minimum absolute atomic E-state index is 1.21. The second kappa shape index (κ2) is 12.9. The number of fused-ring (bicyclic) bond motifs is 9. The highest BCUT2D eigenvalue weighted by molar-refractivity contribution is 7.27. The van der Waals surface area contributed by atoms with Gasteiger partial charge in [-0.25, -0.2) is 0 Å². The van der Waals surface area contributed by atoms with Gasteiger partial charge < -0.3 is 4.57 Å². The van der Waals surface area contributed by atoms with E-state index in [-0.39, 0.29) is 0 Å². The zero-order chi connectivity index (χ0) is 37.5. The first kappa shape index (κ1) is 32.5. The van der Waals surface area contributed by atoms with Gasteiger partial charge in [-0.1, -0.05) is 152 Å². The molecule has 0 bridgehead atoms. The van der Waals surface area contributed by atoms with E-state index in [9.17, 15) is 0 Å². The van der Waals surface area contributed by atoms with Gasteiger partial charge in [0.25, 0.3) is 0 Å².